The zero-order chi connectivity index (χ0) is 17.5. The molecule has 0 aliphatic heterocycles. The van der Waals surface area contributed by atoms with E-state index in [1.807, 2.05) is 12.1 Å². The second kappa shape index (κ2) is 8.98. The van der Waals surface area contributed by atoms with Gasteiger partial charge in [0.05, 0.1) is 18.0 Å². The van der Waals surface area contributed by atoms with E-state index in [0.29, 0.717) is 0 Å². The summed E-state index contributed by atoms with van der Waals surface area (Å²) in [7, 11) is 0. The Morgan fingerprint density at radius 3 is 2.36 bits per heavy atom. The van der Waals surface area contributed by atoms with E-state index in [9.17, 15) is 0 Å². The molecule has 1 aliphatic carbocycles. The maximum atomic E-state index is 5.63. The number of aryl methyl sites for hydroxylation is 1. The third-order valence-corrected chi connectivity index (χ3v) is 5.29. The summed E-state index contributed by atoms with van der Waals surface area (Å²) in [6, 6.07) is 12.3. The fourth-order valence-electron chi connectivity index (χ4n) is 3.56. The lowest BCUT2D eigenvalue weighted by atomic mass is 9.81. The number of hydrogen-bond acceptors (Lipinski definition) is 3. The van der Waals surface area contributed by atoms with Crippen LogP contribution in [0.5, 0.6) is 5.75 Å². The molecule has 3 nitrogen and oxygen atoms in total. The van der Waals surface area contributed by atoms with Crippen LogP contribution in [-0.4, -0.2) is 16.8 Å². The van der Waals surface area contributed by atoms with Crippen LogP contribution in [0.2, 0.25) is 0 Å². The Kier molecular flexibility index (Phi) is 6.43. The number of benzene rings is 1. The highest BCUT2D eigenvalue weighted by Crippen LogP contribution is 2.31. The van der Waals surface area contributed by atoms with Crippen molar-refractivity contribution in [2.75, 3.05) is 6.61 Å². The molecule has 25 heavy (non-hydrogen) atoms. The lowest BCUT2D eigenvalue weighted by Crippen LogP contribution is -2.13. The van der Waals surface area contributed by atoms with Gasteiger partial charge in [0.15, 0.2) is 0 Å². The van der Waals surface area contributed by atoms with E-state index in [1.54, 1.807) is 0 Å². The highest BCUT2D eigenvalue weighted by atomic mass is 16.5. The predicted octanol–water partition coefficient (Wildman–Crippen LogP) is 5.69. The van der Waals surface area contributed by atoms with Gasteiger partial charge in [0.2, 0.25) is 0 Å². The van der Waals surface area contributed by atoms with Gasteiger partial charge in [-0.1, -0.05) is 39.5 Å². The highest BCUT2D eigenvalue weighted by Gasteiger charge is 2.18. The fraction of sp³-hybridized carbons (Fsp3) is 0.545. The maximum absolute atomic E-state index is 5.63. The van der Waals surface area contributed by atoms with Gasteiger partial charge >= 0.3 is 0 Å². The average molecular weight is 338 g/mol. The van der Waals surface area contributed by atoms with E-state index in [1.165, 1.54) is 32.1 Å². The molecule has 0 spiro atoms. The van der Waals surface area contributed by atoms with Crippen molar-refractivity contribution in [2.24, 2.45) is 11.8 Å². The van der Waals surface area contributed by atoms with Crippen LogP contribution in [0.1, 0.15) is 58.1 Å². The summed E-state index contributed by atoms with van der Waals surface area (Å²) in [6.07, 6.45) is 8.90. The molecule has 1 saturated carbocycles. The highest BCUT2D eigenvalue weighted by molar-refractivity contribution is 5.59. The van der Waals surface area contributed by atoms with Crippen LogP contribution in [-0.2, 0) is 6.42 Å². The zero-order valence-electron chi connectivity index (χ0n) is 15.6. The molecule has 3 heteroatoms. The minimum atomic E-state index is 0.758. The Labute approximate surface area is 151 Å². The average Bonchev–Trinajstić information content (AvgIpc) is 2.67. The molecule has 0 bridgehead atoms. The predicted molar refractivity (Wildman–Crippen MR) is 103 cm³/mol. The van der Waals surface area contributed by atoms with Crippen molar-refractivity contribution in [3.8, 4) is 17.0 Å². The van der Waals surface area contributed by atoms with Crippen molar-refractivity contribution >= 4 is 0 Å². The first-order valence-corrected chi connectivity index (χ1v) is 9.80. The maximum Gasteiger partial charge on any atom is 0.119 e. The van der Waals surface area contributed by atoms with Gasteiger partial charge in [-0.2, -0.15) is 10.2 Å². The van der Waals surface area contributed by atoms with Gasteiger partial charge in [-0.3, -0.25) is 0 Å². The molecule has 0 radical (unpaired) electrons. The molecular formula is C22H30N2O. The molecular weight excluding hydrogens is 308 g/mol. The Morgan fingerprint density at radius 1 is 0.960 bits per heavy atom. The van der Waals surface area contributed by atoms with Crippen LogP contribution in [0.3, 0.4) is 0 Å². The number of aromatic nitrogens is 2. The fourth-order valence-corrected chi connectivity index (χ4v) is 3.56. The lowest BCUT2D eigenvalue weighted by Gasteiger charge is -2.25. The molecule has 0 atom stereocenters. The second-order valence-corrected chi connectivity index (χ2v) is 7.45. The molecule has 1 aromatic carbocycles. The molecule has 1 fully saturated rings. The molecule has 134 valence electrons. The van der Waals surface area contributed by atoms with Crippen molar-refractivity contribution in [1.29, 1.82) is 0 Å². The van der Waals surface area contributed by atoms with Crippen LogP contribution >= 0.6 is 0 Å². The molecule has 0 unspecified atom stereocenters. The Morgan fingerprint density at radius 2 is 1.72 bits per heavy atom. The van der Waals surface area contributed by atoms with Crippen molar-refractivity contribution in [2.45, 2.75) is 58.8 Å². The molecule has 0 N–H and O–H groups in total. The summed E-state index contributed by atoms with van der Waals surface area (Å²) in [5.41, 5.74) is 3.13. The van der Waals surface area contributed by atoms with Gasteiger partial charge < -0.3 is 4.74 Å². The Hall–Kier alpha value is -1.90. The van der Waals surface area contributed by atoms with Gasteiger partial charge in [0.1, 0.15) is 5.75 Å². The summed E-state index contributed by atoms with van der Waals surface area (Å²) >= 11 is 0. The van der Waals surface area contributed by atoms with Gasteiger partial charge in [-0.05, 0) is 67.5 Å². The van der Waals surface area contributed by atoms with Crippen molar-refractivity contribution in [3.05, 3.63) is 42.1 Å². The van der Waals surface area contributed by atoms with Crippen molar-refractivity contribution in [3.63, 3.8) is 0 Å². The monoisotopic (exact) mass is 338 g/mol. The van der Waals surface area contributed by atoms with E-state index in [4.69, 9.17) is 4.74 Å². The molecule has 3 rings (SSSR count). The lowest BCUT2D eigenvalue weighted by molar-refractivity contribution is 0.277. The van der Waals surface area contributed by atoms with Crippen molar-refractivity contribution in [1.82, 2.24) is 10.2 Å². The Bertz CT molecular complexity index is 628. The van der Waals surface area contributed by atoms with E-state index >= 15 is 0 Å². The van der Waals surface area contributed by atoms with Gasteiger partial charge in [-0.25, -0.2) is 0 Å². The Balaban J connectivity index is 1.53. The molecule has 1 heterocycles. The molecule has 1 aromatic heterocycles. The normalized spacial score (nSPS) is 20.4. The molecule has 0 saturated heterocycles. The van der Waals surface area contributed by atoms with Crippen LogP contribution < -0.4 is 4.74 Å². The van der Waals surface area contributed by atoms with Crippen LogP contribution in [0.25, 0.3) is 11.3 Å². The molecule has 2 aromatic rings. The van der Waals surface area contributed by atoms with Crippen LogP contribution in [0.4, 0.5) is 0 Å². The van der Waals surface area contributed by atoms with E-state index in [-0.39, 0.29) is 0 Å². The topological polar surface area (TPSA) is 35.0 Å². The molecule has 0 amide bonds. The smallest absolute Gasteiger partial charge is 0.119 e. The first kappa shape index (κ1) is 17.9. The summed E-state index contributed by atoms with van der Waals surface area (Å²) in [5, 5.41) is 8.87. The van der Waals surface area contributed by atoms with Crippen LogP contribution in [0, 0.1) is 11.8 Å². The summed E-state index contributed by atoms with van der Waals surface area (Å²) < 4.78 is 5.63. The van der Waals surface area contributed by atoms with E-state index < -0.39 is 0 Å². The second-order valence-electron chi connectivity index (χ2n) is 7.45. The summed E-state index contributed by atoms with van der Waals surface area (Å²) in [6.45, 7) is 5.25. The third kappa shape index (κ3) is 5.29. The third-order valence-electron chi connectivity index (χ3n) is 5.29. The largest absolute Gasteiger partial charge is 0.494 e. The summed E-state index contributed by atoms with van der Waals surface area (Å²) in [5.74, 6) is 2.72. The number of rotatable bonds is 7. The van der Waals surface area contributed by atoms with Gasteiger partial charge in [0.25, 0.3) is 0 Å². The molecule has 1 aliphatic rings. The van der Waals surface area contributed by atoms with Crippen molar-refractivity contribution < 1.29 is 4.74 Å². The van der Waals surface area contributed by atoms with Gasteiger partial charge in [-0.15, -0.1) is 0 Å². The zero-order valence-corrected chi connectivity index (χ0v) is 15.6. The van der Waals surface area contributed by atoms with E-state index in [2.05, 4.69) is 48.3 Å². The number of ether oxygens (including phenoxy) is 1. The quantitative estimate of drug-likeness (QED) is 0.650. The number of nitrogens with zero attached hydrogens (tertiary/aromatic N) is 2. The minimum Gasteiger partial charge on any atom is -0.494 e. The summed E-state index contributed by atoms with van der Waals surface area (Å²) in [4.78, 5) is 0. The minimum absolute atomic E-state index is 0.758. The van der Waals surface area contributed by atoms with Crippen LogP contribution in [0.15, 0.2) is 36.4 Å². The van der Waals surface area contributed by atoms with Gasteiger partial charge in [0, 0.05) is 5.56 Å². The standard InChI is InChI=1S/C22H30N2O/c1-3-16-25-21-13-9-19(10-14-21)22-15-12-20(23-24-22)11-8-18-6-4-17(2)5-7-18/h9-10,12-15,17-18H,3-8,11,16H2,1-2H3. The van der Waals surface area contributed by atoms with E-state index in [0.717, 1.165) is 54.0 Å². The number of hydrogen-bond donors (Lipinski definition) is 0. The first-order valence-electron chi connectivity index (χ1n) is 9.80. The SMILES string of the molecule is CCCOc1ccc(-c2ccc(CCC3CCC(C)CC3)nn2)cc1. The first-order chi connectivity index (χ1) is 12.2.